The largest absolute Gasteiger partial charge is 0.388 e. The molecule has 1 aliphatic heterocycles. The zero-order valence-electron chi connectivity index (χ0n) is 12.0. The molecule has 10 heteroatoms. The van der Waals surface area contributed by atoms with Crippen LogP contribution in [0.5, 0.6) is 0 Å². The lowest BCUT2D eigenvalue weighted by Gasteiger charge is -2.35. The Morgan fingerprint density at radius 2 is 2.09 bits per heavy atom. The molecular formula is C12H17N3O6S. The molecule has 22 heavy (non-hydrogen) atoms. The van der Waals surface area contributed by atoms with Crippen LogP contribution >= 0.6 is 11.8 Å². The fraction of sp³-hybridized carbons (Fsp3) is 0.583. The number of aldehydes is 1. The minimum absolute atomic E-state index is 0.0462. The van der Waals surface area contributed by atoms with Crippen LogP contribution < -0.4 is 10.9 Å². The maximum absolute atomic E-state index is 12.1. The Morgan fingerprint density at radius 1 is 1.41 bits per heavy atom. The van der Waals surface area contributed by atoms with Crippen LogP contribution in [0, 0.1) is 0 Å². The fourth-order valence-corrected chi connectivity index (χ4v) is 2.61. The van der Waals surface area contributed by atoms with Gasteiger partial charge in [0.05, 0.1) is 6.61 Å². The number of thioether (sulfide) groups is 1. The third-order valence-corrected chi connectivity index (χ3v) is 4.10. The standard InChI is InChI=1S/C12H17N3O6S/c1-15-11(20)5(3-16)9(14-12(15)22-2)13-10-8(19)7(18)6(17)4-21-10/h3,6-8,10,13,17-19H,4H2,1-2H3/t6-,7-,8-,10-/m1/s1. The third-order valence-electron chi connectivity index (χ3n) is 3.36. The van der Waals surface area contributed by atoms with E-state index in [0.717, 1.165) is 0 Å². The smallest absolute Gasteiger partial charge is 0.266 e. The molecule has 122 valence electrons. The van der Waals surface area contributed by atoms with Crippen molar-refractivity contribution in [3.05, 3.63) is 15.9 Å². The van der Waals surface area contributed by atoms with Gasteiger partial charge in [0.25, 0.3) is 5.56 Å². The van der Waals surface area contributed by atoms with Gasteiger partial charge in [-0.15, -0.1) is 0 Å². The van der Waals surface area contributed by atoms with Crippen LogP contribution in [0.4, 0.5) is 5.82 Å². The molecule has 2 heterocycles. The second-order valence-electron chi connectivity index (χ2n) is 4.79. The summed E-state index contributed by atoms with van der Waals surface area (Å²) in [6.45, 7) is -0.202. The van der Waals surface area contributed by atoms with Gasteiger partial charge in [-0.3, -0.25) is 14.2 Å². The SMILES string of the molecule is CSc1nc(N[C@@H]2OC[C@@H](O)[C@@H](O)[C@H]2O)c(C=O)c(=O)n1C. The molecule has 0 amide bonds. The second-order valence-corrected chi connectivity index (χ2v) is 5.56. The number of hydrogen-bond acceptors (Lipinski definition) is 9. The lowest BCUT2D eigenvalue weighted by atomic mass is 10.0. The van der Waals surface area contributed by atoms with Crippen molar-refractivity contribution >= 4 is 23.9 Å². The first-order valence-corrected chi connectivity index (χ1v) is 7.65. The van der Waals surface area contributed by atoms with E-state index in [2.05, 4.69) is 10.3 Å². The highest BCUT2D eigenvalue weighted by molar-refractivity contribution is 7.98. The number of hydrogen-bond donors (Lipinski definition) is 4. The number of aromatic nitrogens is 2. The number of carbonyl (C=O) groups is 1. The minimum Gasteiger partial charge on any atom is -0.388 e. The number of carbonyl (C=O) groups excluding carboxylic acids is 1. The summed E-state index contributed by atoms with van der Waals surface area (Å²) in [7, 11) is 1.49. The van der Waals surface area contributed by atoms with Crippen LogP contribution in [0.2, 0.25) is 0 Å². The summed E-state index contributed by atoms with van der Waals surface area (Å²) in [6, 6.07) is 0. The molecule has 1 saturated heterocycles. The summed E-state index contributed by atoms with van der Waals surface area (Å²) in [5, 5.41) is 31.9. The highest BCUT2D eigenvalue weighted by Gasteiger charge is 2.38. The van der Waals surface area contributed by atoms with Gasteiger partial charge in [0, 0.05) is 7.05 Å². The molecule has 0 saturated carbocycles. The first-order chi connectivity index (χ1) is 10.4. The average Bonchev–Trinajstić information content (AvgIpc) is 2.51. The molecule has 1 aliphatic rings. The van der Waals surface area contributed by atoms with E-state index in [-0.39, 0.29) is 18.0 Å². The van der Waals surface area contributed by atoms with Crippen molar-refractivity contribution in [3.8, 4) is 0 Å². The topological polar surface area (TPSA) is 134 Å². The lowest BCUT2D eigenvalue weighted by Crippen LogP contribution is -2.55. The highest BCUT2D eigenvalue weighted by Crippen LogP contribution is 2.20. The van der Waals surface area contributed by atoms with Gasteiger partial charge in [0.2, 0.25) is 0 Å². The number of nitrogens with zero attached hydrogens (tertiary/aromatic N) is 2. The molecule has 4 atom stereocenters. The molecular weight excluding hydrogens is 314 g/mol. The molecule has 1 aromatic rings. The summed E-state index contributed by atoms with van der Waals surface area (Å²) in [6.07, 6.45) is -3.08. The van der Waals surface area contributed by atoms with Crippen molar-refractivity contribution in [1.82, 2.24) is 9.55 Å². The van der Waals surface area contributed by atoms with Crippen molar-refractivity contribution in [2.45, 2.75) is 29.7 Å². The molecule has 0 radical (unpaired) electrons. The van der Waals surface area contributed by atoms with Gasteiger partial charge >= 0.3 is 0 Å². The molecule has 1 fully saturated rings. The summed E-state index contributed by atoms with van der Waals surface area (Å²) in [5.74, 6) is -0.0462. The van der Waals surface area contributed by atoms with E-state index in [1.807, 2.05) is 0 Å². The van der Waals surface area contributed by atoms with Crippen molar-refractivity contribution in [1.29, 1.82) is 0 Å². The van der Waals surface area contributed by atoms with E-state index < -0.39 is 30.1 Å². The van der Waals surface area contributed by atoms with Crippen molar-refractivity contribution < 1.29 is 24.9 Å². The van der Waals surface area contributed by atoms with Crippen LogP contribution in [-0.2, 0) is 11.8 Å². The molecule has 2 rings (SSSR count). The van der Waals surface area contributed by atoms with Crippen LogP contribution in [-0.4, -0.2) is 68.6 Å². The fourth-order valence-electron chi connectivity index (χ4n) is 2.07. The molecule has 9 nitrogen and oxygen atoms in total. The average molecular weight is 331 g/mol. The van der Waals surface area contributed by atoms with E-state index in [4.69, 9.17) is 4.74 Å². The van der Waals surface area contributed by atoms with Crippen LogP contribution in [0.3, 0.4) is 0 Å². The Kier molecular flexibility index (Phi) is 5.19. The van der Waals surface area contributed by atoms with Gasteiger partial charge in [-0.1, -0.05) is 11.8 Å². The first-order valence-electron chi connectivity index (χ1n) is 6.43. The van der Waals surface area contributed by atoms with Gasteiger partial charge < -0.3 is 25.4 Å². The monoisotopic (exact) mass is 331 g/mol. The molecule has 0 aliphatic carbocycles. The Hall–Kier alpha value is -1.46. The zero-order chi connectivity index (χ0) is 16.4. The van der Waals surface area contributed by atoms with Crippen molar-refractivity contribution in [2.24, 2.45) is 7.05 Å². The molecule has 0 unspecified atom stereocenters. The Bertz CT molecular complexity index is 622. The Balaban J connectivity index is 2.35. The van der Waals surface area contributed by atoms with Gasteiger partial charge in [-0.2, -0.15) is 0 Å². The molecule has 0 aromatic carbocycles. The van der Waals surface area contributed by atoms with Crippen LogP contribution in [0.25, 0.3) is 0 Å². The Labute approximate surface area is 129 Å². The lowest BCUT2D eigenvalue weighted by molar-refractivity contribution is -0.178. The van der Waals surface area contributed by atoms with E-state index in [1.165, 1.54) is 23.4 Å². The van der Waals surface area contributed by atoms with Gasteiger partial charge in [0.1, 0.15) is 29.7 Å². The molecule has 4 N–H and O–H groups in total. The Morgan fingerprint density at radius 3 is 2.68 bits per heavy atom. The van der Waals surface area contributed by atoms with Gasteiger partial charge in [-0.25, -0.2) is 4.98 Å². The first kappa shape index (κ1) is 16.9. The molecule has 0 spiro atoms. The second kappa shape index (κ2) is 6.75. The summed E-state index contributed by atoms with van der Waals surface area (Å²) in [4.78, 5) is 27.4. The van der Waals surface area contributed by atoms with E-state index >= 15 is 0 Å². The quantitative estimate of drug-likeness (QED) is 0.285. The summed E-state index contributed by atoms with van der Waals surface area (Å²) in [5.41, 5.74) is -0.751. The normalized spacial score (nSPS) is 28.4. The van der Waals surface area contributed by atoms with Crippen LogP contribution in [0.15, 0.2) is 9.95 Å². The highest BCUT2D eigenvalue weighted by atomic mass is 32.2. The van der Waals surface area contributed by atoms with E-state index in [1.54, 1.807) is 6.26 Å². The predicted molar refractivity (Wildman–Crippen MR) is 78.0 cm³/mol. The number of nitrogens with one attached hydrogen (secondary N) is 1. The predicted octanol–water partition coefficient (Wildman–Crippen LogP) is -1.83. The maximum atomic E-state index is 12.1. The summed E-state index contributed by atoms with van der Waals surface area (Å²) >= 11 is 1.21. The number of anilines is 1. The molecule has 0 bridgehead atoms. The van der Waals surface area contributed by atoms with Crippen molar-refractivity contribution in [2.75, 3.05) is 18.2 Å². The number of rotatable bonds is 4. The van der Waals surface area contributed by atoms with E-state index in [9.17, 15) is 24.9 Å². The van der Waals surface area contributed by atoms with Gasteiger partial charge in [-0.05, 0) is 6.26 Å². The number of ether oxygens (including phenoxy) is 1. The van der Waals surface area contributed by atoms with Gasteiger partial charge in [0.15, 0.2) is 17.7 Å². The summed E-state index contributed by atoms with van der Waals surface area (Å²) < 4.78 is 6.41. The van der Waals surface area contributed by atoms with Crippen molar-refractivity contribution in [3.63, 3.8) is 0 Å². The van der Waals surface area contributed by atoms with E-state index in [0.29, 0.717) is 11.4 Å². The third kappa shape index (κ3) is 3.01. The van der Waals surface area contributed by atoms with Crippen LogP contribution in [0.1, 0.15) is 10.4 Å². The molecule has 1 aromatic heterocycles. The number of aliphatic hydroxyl groups excluding tert-OH is 3. The zero-order valence-corrected chi connectivity index (χ0v) is 12.8. The minimum atomic E-state index is -1.44. The number of aliphatic hydroxyl groups is 3. The maximum Gasteiger partial charge on any atom is 0.266 e.